The van der Waals surface area contributed by atoms with Crippen LogP contribution in [0, 0.1) is 0 Å². The van der Waals surface area contributed by atoms with E-state index in [0.717, 1.165) is 13.0 Å². The molecule has 0 saturated carbocycles. The average molecular weight is 270 g/mol. The van der Waals surface area contributed by atoms with Gasteiger partial charge in [-0.15, -0.1) is 0 Å². The Morgan fingerprint density at radius 3 is 2.72 bits per heavy atom. The highest BCUT2D eigenvalue weighted by atomic mass is 32.2. The molecule has 0 aromatic heterocycles. The topological polar surface area (TPSA) is 78.4 Å². The monoisotopic (exact) mass is 270 g/mol. The molecule has 0 aliphatic carbocycles. The van der Waals surface area contributed by atoms with E-state index in [-0.39, 0.29) is 4.90 Å². The molecule has 0 radical (unpaired) electrons. The first-order valence-corrected chi connectivity index (χ1v) is 7.54. The maximum atomic E-state index is 12.1. The molecule has 18 heavy (non-hydrogen) atoms. The van der Waals surface area contributed by atoms with Crippen LogP contribution in [0.25, 0.3) is 0 Å². The molecule has 0 unspecified atom stereocenters. The van der Waals surface area contributed by atoms with Crippen molar-refractivity contribution in [1.82, 2.24) is 10.0 Å². The third-order valence-electron chi connectivity index (χ3n) is 3.04. The van der Waals surface area contributed by atoms with Gasteiger partial charge in [0.1, 0.15) is 0 Å². The van der Waals surface area contributed by atoms with Crippen molar-refractivity contribution in [3.63, 3.8) is 0 Å². The van der Waals surface area contributed by atoms with E-state index < -0.39 is 22.2 Å². The van der Waals surface area contributed by atoms with Crippen molar-refractivity contribution in [2.75, 3.05) is 13.1 Å². The molecule has 2 rings (SSSR count). The second-order valence-corrected chi connectivity index (χ2v) is 6.17. The molecule has 1 aliphatic rings. The van der Waals surface area contributed by atoms with Crippen molar-refractivity contribution >= 4 is 10.0 Å². The van der Waals surface area contributed by atoms with Crippen LogP contribution in [0.3, 0.4) is 0 Å². The minimum Gasteiger partial charge on any atom is -0.391 e. The van der Waals surface area contributed by atoms with Gasteiger partial charge in [-0.3, -0.25) is 0 Å². The summed E-state index contributed by atoms with van der Waals surface area (Å²) >= 11 is 0. The molecular formula is C12H18N2O3S. The van der Waals surface area contributed by atoms with Gasteiger partial charge in [0.25, 0.3) is 0 Å². The lowest BCUT2D eigenvalue weighted by atomic mass is 10.1. The number of benzene rings is 1. The van der Waals surface area contributed by atoms with Crippen LogP contribution in [-0.2, 0) is 10.0 Å². The molecule has 1 aromatic carbocycles. The molecule has 0 spiro atoms. The van der Waals surface area contributed by atoms with Crippen molar-refractivity contribution in [2.24, 2.45) is 0 Å². The van der Waals surface area contributed by atoms with Crippen LogP contribution >= 0.6 is 0 Å². The Labute approximate surface area is 107 Å². The van der Waals surface area contributed by atoms with E-state index in [1.54, 1.807) is 30.3 Å². The van der Waals surface area contributed by atoms with Crippen LogP contribution in [0.15, 0.2) is 35.2 Å². The molecule has 5 nitrogen and oxygen atoms in total. The van der Waals surface area contributed by atoms with Crippen molar-refractivity contribution in [3.05, 3.63) is 30.3 Å². The predicted octanol–water partition coefficient (Wildman–Crippen LogP) is 0.0778. The average Bonchev–Trinajstić information content (AvgIpc) is 2.56. The number of sulfonamides is 1. The molecule has 1 fully saturated rings. The van der Waals surface area contributed by atoms with Crippen molar-refractivity contribution in [2.45, 2.75) is 29.9 Å². The van der Waals surface area contributed by atoms with E-state index in [1.165, 1.54) is 0 Å². The standard InChI is InChI=1S/C12H18N2O3S/c15-12-7-4-8-13-9-11(12)14-18(16,17)10-5-2-1-3-6-10/h1-3,5-6,11-15H,4,7-9H2/t11-,12-/m1/s1. The van der Waals surface area contributed by atoms with Crippen LogP contribution < -0.4 is 10.0 Å². The fourth-order valence-corrected chi connectivity index (χ4v) is 3.31. The molecule has 3 N–H and O–H groups in total. The largest absolute Gasteiger partial charge is 0.391 e. The Bertz CT molecular complexity index is 475. The zero-order valence-electron chi connectivity index (χ0n) is 10.0. The van der Waals surface area contributed by atoms with E-state index in [2.05, 4.69) is 10.0 Å². The van der Waals surface area contributed by atoms with Gasteiger partial charge in [0.2, 0.25) is 10.0 Å². The van der Waals surface area contributed by atoms with Gasteiger partial charge in [0.15, 0.2) is 0 Å². The number of rotatable bonds is 3. The van der Waals surface area contributed by atoms with Gasteiger partial charge in [-0.25, -0.2) is 13.1 Å². The highest BCUT2D eigenvalue weighted by Crippen LogP contribution is 2.12. The number of hydrogen-bond donors (Lipinski definition) is 3. The lowest BCUT2D eigenvalue weighted by Gasteiger charge is -2.21. The summed E-state index contributed by atoms with van der Waals surface area (Å²) in [4.78, 5) is 0.224. The lowest BCUT2D eigenvalue weighted by molar-refractivity contribution is 0.135. The number of hydrogen-bond acceptors (Lipinski definition) is 4. The van der Waals surface area contributed by atoms with Crippen LogP contribution in [0.2, 0.25) is 0 Å². The molecule has 1 aliphatic heterocycles. The summed E-state index contributed by atoms with van der Waals surface area (Å²) < 4.78 is 26.8. The summed E-state index contributed by atoms with van der Waals surface area (Å²) in [7, 11) is -3.56. The van der Waals surface area contributed by atoms with E-state index in [0.29, 0.717) is 13.0 Å². The Morgan fingerprint density at radius 2 is 2.00 bits per heavy atom. The zero-order chi connectivity index (χ0) is 13.0. The molecule has 1 heterocycles. The Morgan fingerprint density at radius 1 is 1.28 bits per heavy atom. The van der Waals surface area contributed by atoms with Gasteiger partial charge in [-0.2, -0.15) is 0 Å². The molecule has 0 bridgehead atoms. The lowest BCUT2D eigenvalue weighted by Crippen LogP contribution is -2.47. The van der Waals surface area contributed by atoms with E-state index in [4.69, 9.17) is 0 Å². The van der Waals surface area contributed by atoms with Gasteiger partial charge in [-0.05, 0) is 31.5 Å². The molecular weight excluding hydrogens is 252 g/mol. The fourth-order valence-electron chi connectivity index (χ4n) is 2.02. The molecule has 1 aromatic rings. The first kappa shape index (κ1) is 13.5. The van der Waals surface area contributed by atoms with E-state index >= 15 is 0 Å². The molecule has 0 amide bonds. The van der Waals surface area contributed by atoms with E-state index in [9.17, 15) is 13.5 Å². The predicted molar refractivity (Wildman–Crippen MR) is 68.7 cm³/mol. The number of aliphatic hydroxyl groups excluding tert-OH is 1. The fraction of sp³-hybridized carbons (Fsp3) is 0.500. The molecule has 6 heteroatoms. The van der Waals surface area contributed by atoms with Gasteiger partial charge in [-0.1, -0.05) is 18.2 Å². The zero-order valence-corrected chi connectivity index (χ0v) is 10.9. The first-order chi connectivity index (χ1) is 8.59. The number of aliphatic hydroxyl groups is 1. The normalized spacial score (nSPS) is 25.6. The molecule has 2 atom stereocenters. The van der Waals surface area contributed by atoms with Crippen molar-refractivity contribution in [3.8, 4) is 0 Å². The van der Waals surface area contributed by atoms with Crippen molar-refractivity contribution in [1.29, 1.82) is 0 Å². The smallest absolute Gasteiger partial charge is 0.240 e. The summed E-state index contributed by atoms with van der Waals surface area (Å²) in [5.74, 6) is 0. The molecule has 100 valence electrons. The van der Waals surface area contributed by atoms with Gasteiger partial charge >= 0.3 is 0 Å². The van der Waals surface area contributed by atoms with Gasteiger partial charge in [0, 0.05) is 6.54 Å². The second-order valence-electron chi connectivity index (χ2n) is 4.45. The summed E-state index contributed by atoms with van der Waals surface area (Å²) in [5.41, 5.74) is 0. The molecule has 1 saturated heterocycles. The highest BCUT2D eigenvalue weighted by Gasteiger charge is 2.26. The van der Waals surface area contributed by atoms with Crippen molar-refractivity contribution < 1.29 is 13.5 Å². The minimum atomic E-state index is -3.56. The Kier molecular flexibility index (Phi) is 4.34. The maximum absolute atomic E-state index is 12.1. The quantitative estimate of drug-likeness (QED) is 0.727. The first-order valence-electron chi connectivity index (χ1n) is 6.06. The summed E-state index contributed by atoms with van der Waals surface area (Å²) in [6.45, 7) is 1.26. The maximum Gasteiger partial charge on any atom is 0.240 e. The van der Waals surface area contributed by atoms with Gasteiger partial charge in [0.05, 0.1) is 17.0 Å². The SMILES string of the molecule is O=S(=O)(N[C@@H]1CNCCC[C@H]1O)c1ccccc1. The summed E-state index contributed by atoms with van der Waals surface area (Å²) in [6, 6.07) is 7.73. The third kappa shape index (κ3) is 3.29. The van der Waals surface area contributed by atoms with Crippen LogP contribution in [0.4, 0.5) is 0 Å². The summed E-state index contributed by atoms with van der Waals surface area (Å²) in [6.07, 6.45) is 0.818. The highest BCUT2D eigenvalue weighted by molar-refractivity contribution is 7.89. The minimum absolute atomic E-state index is 0.224. The third-order valence-corrected chi connectivity index (χ3v) is 4.55. The Hall–Kier alpha value is -0.950. The number of nitrogens with one attached hydrogen (secondary N) is 2. The van der Waals surface area contributed by atoms with Crippen LogP contribution in [-0.4, -0.2) is 38.8 Å². The van der Waals surface area contributed by atoms with Crippen LogP contribution in [0.5, 0.6) is 0 Å². The van der Waals surface area contributed by atoms with Crippen LogP contribution in [0.1, 0.15) is 12.8 Å². The van der Waals surface area contributed by atoms with E-state index in [1.807, 2.05) is 0 Å². The Balaban J connectivity index is 2.12. The van der Waals surface area contributed by atoms with Gasteiger partial charge < -0.3 is 10.4 Å². The summed E-state index contributed by atoms with van der Waals surface area (Å²) in [5, 5.41) is 13.0. The second kappa shape index (κ2) is 5.79.